The molecule has 0 bridgehead atoms. The quantitative estimate of drug-likeness (QED) is 0.177. The maximum atomic E-state index is 13.4. The van der Waals surface area contributed by atoms with Crippen molar-refractivity contribution >= 4 is 29.1 Å². The monoisotopic (exact) mass is 498 g/mol. The summed E-state index contributed by atoms with van der Waals surface area (Å²) in [7, 11) is 2.87. The van der Waals surface area contributed by atoms with Crippen molar-refractivity contribution in [2.24, 2.45) is 0 Å². The molecule has 1 fully saturated rings. The van der Waals surface area contributed by atoms with Gasteiger partial charge in [-0.2, -0.15) is 5.26 Å². The van der Waals surface area contributed by atoms with Gasteiger partial charge in [0, 0.05) is 12.6 Å². The SMILES string of the molecule is COc1ccc(OC)c(/C(O)=C2\C(=O)C(=O)N(c3ccc(C#N)cc3)C2c2ccc(OC(C)=O)cc2)c1. The normalized spacial score (nSPS) is 16.3. The molecule has 9 nitrogen and oxygen atoms in total. The number of ether oxygens (including phenoxy) is 3. The van der Waals surface area contributed by atoms with Gasteiger partial charge in [-0.1, -0.05) is 12.1 Å². The Bertz CT molecular complexity index is 1450. The molecule has 3 aromatic carbocycles. The van der Waals surface area contributed by atoms with E-state index in [0.717, 1.165) is 0 Å². The number of benzene rings is 3. The van der Waals surface area contributed by atoms with Crippen molar-refractivity contribution in [3.63, 3.8) is 0 Å². The van der Waals surface area contributed by atoms with Gasteiger partial charge in [0.1, 0.15) is 23.0 Å². The molecule has 1 saturated heterocycles. The maximum absolute atomic E-state index is 13.4. The van der Waals surface area contributed by atoms with Crippen LogP contribution in [0.15, 0.2) is 72.3 Å². The number of aliphatic hydroxyl groups is 1. The van der Waals surface area contributed by atoms with Crippen LogP contribution in [-0.2, 0) is 14.4 Å². The van der Waals surface area contributed by atoms with E-state index >= 15 is 0 Å². The highest BCUT2D eigenvalue weighted by atomic mass is 16.5. The third-order valence-electron chi connectivity index (χ3n) is 5.84. The number of amides is 1. The van der Waals surface area contributed by atoms with Gasteiger partial charge < -0.3 is 19.3 Å². The van der Waals surface area contributed by atoms with Crippen molar-refractivity contribution in [1.29, 1.82) is 5.26 Å². The van der Waals surface area contributed by atoms with Crippen LogP contribution in [0.3, 0.4) is 0 Å². The second kappa shape index (κ2) is 10.3. The van der Waals surface area contributed by atoms with E-state index in [-0.39, 0.29) is 22.6 Å². The van der Waals surface area contributed by atoms with Gasteiger partial charge in [0.25, 0.3) is 11.7 Å². The van der Waals surface area contributed by atoms with E-state index in [1.165, 1.54) is 56.4 Å². The molecule has 1 atom stereocenters. The number of carbonyl (C=O) groups is 3. The van der Waals surface area contributed by atoms with Crippen LogP contribution in [0.4, 0.5) is 5.69 Å². The summed E-state index contributed by atoms with van der Waals surface area (Å²) in [6.45, 7) is 1.27. The van der Waals surface area contributed by atoms with E-state index in [4.69, 9.17) is 19.5 Å². The van der Waals surface area contributed by atoms with E-state index in [1.54, 1.807) is 36.4 Å². The second-order valence-corrected chi connectivity index (χ2v) is 8.06. The predicted molar refractivity (Wildman–Crippen MR) is 133 cm³/mol. The number of aliphatic hydroxyl groups excluding tert-OH is 1. The molecular formula is C28H22N2O7. The molecule has 1 unspecified atom stereocenters. The van der Waals surface area contributed by atoms with Crippen LogP contribution in [0.1, 0.15) is 29.7 Å². The van der Waals surface area contributed by atoms with Crippen molar-refractivity contribution in [1.82, 2.24) is 0 Å². The fourth-order valence-corrected chi connectivity index (χ4v) is 4.14. The Labute approximate surface area is 212 Å². The van der Waals surface area contributed by atoms with Crippen LogP contribution in [0.2, 0.25) is 0 Å². The molecule has 0 aromatic heterocycles. The van der Waals surface area contributed by atoms with Crippen LogP contribution in [0, 0.1) is 11.3 Å². The van der Waals surface area contributed by atoms with Gasteiger partial charge in [-0.25, -0.2) is 0 Å². The van der Waals surface area contributed by atoms with Crippen molar-refractivity contribution in [2.75, 3.05) is 19.1 Å². The summed E-state index contributed by atoms with van der Waals surface area (Å²) in [5.74, 6) is -1.75. The zero-order valence-electron chi connectivity index (χ0n) is 20.2. The molecule has 0 radical (unpaired) electrons. The van der Waals surface area contributed by atoms with Crippen LogP contribution in [-0.4, -0.2) is 37.0 Å². The number of anilines is 1. The van der Waals surface area contributed by atoms with E-state index in [1.807, 2.05) is 6.07 Å². The molecule has 37 heavy (non-hydrogen) atoms. The highest BCUT2D eigenvalue weighted by molar-refractivity contribution is 6.51. The molecule has 1 aliphatic heterocycles. The summed E-state index contributed by atoms with van der Waals surface area (Å²) in [5.41, 5.74) is 1.21. The number of nitrogens with zero attached hydrogens (tertiary/aromatic N) is 2. The smallest absolute Gasteiger partial charge is 0.308 e. The molecule has 1 heterocycles. The number of nitriles is 1. The summed E-state index contributed by atoms with van der Waals surface area (Å²) in [5, 5.41) is 20.6. The standard InChI is InChI=1S/C28H22N2O7/c1-16(31)37-20-10-6-18(7-11-20)25-24(26(32)22-14-21(35-2)12-13-23(22)36-3)27(33)28(34)30(25)19-8-4-17(15-29)5-9-19/h4-14,25,32H,1-3H3/b26-24+. The summed E-state index contributed by atoms with van der Waals surface area (Å²) >= 11 is 0. The molecule has 3 aromatic rings. The lowest BCUT2D eigenvalue weighted by atomic mass is 9.94. The topological polar surface area (TPSA) is 126 Å². The highest BCUT2D eigenvalue weighted by Gasteiger charge is 2.47. The second-order valence-electron chi connectivity index (χ2n) is 8.06. The average Bonchev–Trinajstić information content (AvgIpc) is 3.18. The van der Waals surface area contributed by atoms with E-state index in [9.17, 15) is 19.5 Å². The molecule has 1 aliphatic rings. The summed E-state index contributed by atoms with van der Waals surface area (Å²) in [4.78, 5) is 39.3. The molecule has 1 amide bonds. The fourth-order valence-electron chi connectivity index (χ4n) is 4.14. The summed E-state index contributed by atoms with van der Waals surface area (Å²) in [6, 6.07) is 18.1. The van der Waals surface area contributed by atoms with E-state index in [2.05, 4.69) is 0 Å². The van der Waals surface area contributed by atoms with Gasteiger partial charge in [-0.3, -0.25) is 19.3 Å². The van der Waals surface area contributed by atoms with Crippen LogP contribution in [0.25, 0.3) is 5.76 Å². The minimum absolute atomic E-state index is 0.166. The van der Waals surface area contributed by atoms with Gasteiger partial charge >= 0.3 is 5.97 Å². The molecule has 0 spiro atoms. The van der Waals surface area contributed by atoms with Crippen LogP contribution in [0.5, 0.6) is 17.2 Å². The number of hydrogen-bond donors (Lipinski definition) is 1. The average molecular weight is 498 g/mol. The number of carbonyl (C=O) groups excluding carboxylic acids is 3. The summed E-state index contributed by atoms with van der Waals surface area (Å²) < 4.78 is 15.7. The Morgan fingerprint density at radius 1 is 0.946 bits per heavy atom. The lowest BCUT2D eigenvalue weighted by Gasteiger charge is -2.25. The van der Waals surface area contributed by atoms with Crippen molar-refractivity contribution in [3.8, 4) is 23.3 Å². The van der Waals surface area contributed by atoms with E-state index < -0.39 is 29.5 Å². The van der Waals surface area contributed by atoms with Crippen molar-refractivity contribution < 1.29 is 33.7 Å². The number of esters is 1. The molecule has 9 heteroatoms. The molecule has 0 aliphatic carbocycles. The Kier molecular flexibility index (Phi) is 6.93. The molecule has 1 N–H and O–H groups in total. The first-order chi connectivity index (χ1) is 17.8. The first kappa shape index (κ1) is 25.0. The maximum Gasteiger partial charge on any atom is 0.308 e. The number of ketones is 1. The molecular weight excluding hydrogens is 476 g/mol. The predicted octanol–water partition coefficient (Wildman–Crippen LogP) is 4.13. The lowest BCUT2D eigenvalue weighted by molar-refractivity contribution is -0.132. The third-order valence-corrected chi connectivity index (χ3v) is 5.84. The zero-order chi connectivity index (χ0) is 26.7. The van der Waals surface area contributed by atoms with Gasteiger partial charge in [0.2, 0.25) is 0 Å². The minimum atomic E-state index is -1.03. The van der Waals surface area contributed by atoms with Gasteiger partial charge in [-0.15, -0.1) is 0 Å². The first-order valence-corrected chi connectivity index (χ1v) is 11.1. The number of rotatable bonds is 6. The Morgan fingerprint density at radius 3 is 2.16 bits per heavy atom. The molecule has 186 valence electrons. The van der Waals surface area contributed by atoms with Gasteiger partial charge in [0.05, 0.1) is 43.0 Å². The Morgan fingerprint density at radius 2 is 1.59 bits per heavy atom. The fraction of sp³-hybridized carbons (Fsp3) is 0.143. The lowest BCUT2D eigenvalue weighted by Crippen LogP contribution is -2.29. The Hall–Kier alpha value is -5.10. The minimum Gasteiger partial charge on any atom is -0.507 e. The van der Waals surface area contributed by atoms with E-state index in [0.29, 0.717) is 22.6 Å². The highest BCUT2D eigenvalue weighted by Crippen LogP contribution is 2.44. The molecule has 4 rings (SSSR count). The largest absolute Gasteiger partial charge is 0.507 e. The van der Waals surface area contributed by atoms with Crippen molar-refractivity contribution in [3.05, 3.63) is 89.0 Å². The van der Waals surface area contributed by atoms with Gasteiger partial charge in [0.15, 0.2) is 0 Å². The number of Topliss-reactive ketones (excluding diaryl/α,β-unsaturated/α-hetero) is 1. The van der Waals surface area contributed by atoms with Crippen LogP contribution >= 0.6 is 0 Å². The number of methoxy groups -OCH3 is 2. The first-order valence-electron chi connectivity index (χ1n) is 11.1. The molecule has 0 saturated carbocycles. The third kappa shape index (κ3) is 4.73. The van der Waals surface area contributed by atoms with Gasteiger partial charge in [-0.05, 0) is 60.2 Å². The van der Waals surface area contributed by atoms with Crippen LogP contribution < -0.4 is 19.1 Å². The van der Waals surface area contributed by atoms with Crippen molar-refractivity contribution in [2.45, 2.75) is 13.0 Å². The summed E-state index contributed by atoms with van der Waals surface area (Å²) in [6.07, 6.45) is 0. The number of hydrogen-bond acceptors (Lipinski definition) is 8. The zero-order valence-corrected chi connectivity index (χ0v) is 20.2. The Balaban J connectivity index is 1.94.